The molecule has 0 radical (unpaired) electrons. The van der Waals surface area contributed by atoms with Gasteiger partial charge in [-0.1, -0.05) is 56.7 Å². The molecule has 4 rings (SSSR count). The van der Waals surface area contributed by atoms with Gasteiger partial charge in [-0.15, -0.1) is 0 Å². The Balaban J connectivity index is 1.55. The molecule has 2 bridgehead atoms. The monoisotopic (exact) mass is 412 g/mol. The highest BCUT2D eigenvalue weighted by atomic mass is 16.4. The summed E-state index contributed by atoms with van der Waals surface area (Å²) in [5.41, 5.74) is 0.839. The SMILES string of the molecule is O=C(O)CC(=O)N(c1ccccc1)C1CC2CCCC(C1)N2C1CCCCCCC1. The van der Waals surface area contributed by atoms with E-state index in [4.69, 9.17) is 0 Å². The lowest BCUT2D eigenvalue weighted by Gasteiger charge is -2.54. The Morgan fingerprint density at radius 3 is 2.00 bits per heavy atom. The predicted octanol–water partition coefficient (Wildman–Crippen LogP) is 4.99. The number of piperidine rings is 2. The number of amides is 1. The second kappa shape index (κ2) is 9.95. The van der Waals surface area contributed by atoms with E-state index in [0.717, 1.165) is 18.5 Å². The smallest absolute Gasteiger partial charge is 0.312 e. The van der Waals surface area contributed by atoms with Gasteiger partial charge >= 0.3 is 5.97 Å². The van der Waals surface area contributed by atoms with Gasteiger partial charge in [-0.3, -0.25) is 14.5 Å². The average molecular weight is 413 g/mol. The summed E-state index contributed by atoms with van der Waals surface area (Å²) in [5.74, 6) is -1.33. The minimum atomic E-state index is -1.05. The summed E-state index contributed by atoms with van der Waals surface area (Å²) in [7, 11) is 0. The fourth-order valence-electron chi connectivity index (χ4n) is 6.29. The fourth-order valence-corrected chi connectivity index (χ4v) is 6.29. The maximum absolute atomic E-state index is 13.0. The first kappa shape index (κ1) is 21.4. The Bertz CT molecular complexity index is 700. The van der Waals surface area contributed by atoms with Crippen molar-refractivity contribution in [1.82, 2.24) is 4.90 Å². The second-order valence-corrected chi connectivity index (χ2v) is 9.48. The molecule has 0 spiro atoms. The van der Waals surface area contributed by atoms with Crippen LogP contribution in [0.15, 0.2) is 30.3 Å². The average Bonchev–Trinajstić information content (AvgIpc) is 2.68. The van der Waals surface area contributed by atoms with Crippen molar-refractivity contribution < 1.29 is 14.7 Å². The van der Waals surface area contributed by atoms with Crippen molar-refractivity contribution in [3.63, 3.8) is 0 Å². The molecular weight excluding hydrogens is 376 g/mol. The van der Waals surface area contributed by atoms with Crippen LogP contribution >= 0.6 is 0 Å². The van der Waals surface area contributed by atoms with E-state index in [0.29, 0.717) is 18.1 Å². The van der Waals surface area contributed by atoms with Gasteiger partial charge in [0.25, 0.3) is 0 Å². The summed E-state index contributed by atoms with van der Waals surface area (Å²) in [6, 6.07) is 11.5. The van der Waals surface area contributed by atoms with Crippen molar-refractivity contribution in [3.05, 3.63) is 30.3 Å². The normalized spacial score (nSPS) is 28.3. The van der Waals surface area contributed by atoms with Gasteiger partial charge in [-0.25, -0.2) is 0 Å². The minimum absolute atomic E-state index is 0.0966. The van der Waals surface area contributed by atoms with Crippen molar-refractivity contribution in [2.45, 2.75) is 108 Å². The van der Waals surface area contributed by atoms with E-state index in [-0.39, 0.29) is 11.9 Å². The van der Waals surface area contributed by atoms with Crippen LogP contribution in [0.1, 0.15) is 83.5 Å². The van der Waals surface area contributed by atoms with Gasteiger partial charge in [0.2, 0.25) is 5.91 Å². The number of rotatable bonds is 5. The number of carboxylic acids is 1. The molecular formula is C25H36N2O3. The van der Waals surface area contributed by atoms with Gasteiger partial charge in [0.1, 0.15) is 6.42 Å². The molecule has 1 aromatic carbocycles. The summed E-state index contributed by atoms with van der Waals surface area (Å²) in [5, 5.41) is 9.25. The van der Waals surface area contributed by atoms with Crippen molar-refractivity contribution in [2.75, 3.05) is 4.90 Å². The number of benzene rings is 1. The molecule has 1 saturated carbocycles. The Labute approximate surface area is 180 Å². The highest BCUT2D eigenvalue weighted by Crippen LogP contribution is 2.41. The van der Waals surface area contributed by atoms with E-state index >= 15 is 0 Å². The second-order valence-electron chi connectivity index (χ2n) is 9.48. The van der Waals surface area contributed by atoms with Crippen molar-refractivity contribution in [2.24, 2.45) is 0 Å². The fraction of sp³-hybridized carbons (Fsp3) is 0.680. The van der Waals surface area contributed by atoms with Crippen LogP contribution < -0.4 is 4.90 Å². The molecule has 2 aliphatic heterocycles. The van der Waals surface area contributed by atoms with Gasteiger partial charge in [0, 0.05) is 29.9 Å². The molecule has 3 aliphatic rings. The van der Waals surface area contributed by atoms with Gasteiger partial charge < -0.3 is 10.0 Å². The van der Waals surface area contributed by atoms with Crippen LogP contribution in [-0.4, -0.2) is 46.1 Å². The first-order chi connectivity index (χ1) is 14.6. The number of fused-ring (bicyclic) bond motifs is 2. The van der Waals surface area contributed by atoms with E-state index in [1.165, 1.54) is 64.2 Å². The Hall–Kier alpha value is -1.88. The van der Waals surface area contributed by atoms with Gasteiger partial charge in [-0.05, 0) is 50.7 Å². The Morgan fingerprint density at radius 2 is 1.40 bits per heavy atom. The topological polar surface area (TPSA) is 60.9 Å². The summed E-state index contributed by atoms with van der Waals surface area (Å²) in [4.78, 5) is 28.9. The number of para-hydroxylation sites is 1. The van der Waals surface area contributed by atoms with Gasteiger partial charge in [0.15, 0.2) is 0 Å². The number of anilines is 1. The Kier molecular flexibility index (Phi) is 7.08. The van der Waals surface area contributed by atoms with Crippen molar-refractivity contribution in [1.29, 1.82) is 0 Å². The first-order valence-corrected chi connectivity index (χ1v) is 12.0. The molecule has 30 heavy (non-hydrogen) atoms. The maximum Gasteiger partial charge on any atom is 0.312 e. The molecule has 2 heterocycles. The lowest BCUT2D eigenvalue weighted by molar-refractivity contribution is -0.140. The van der Waals surface area contributed by atoms with Crippen molar-refractivity contribution in [3.8, 4) is 0 Å². The number of nitrogens with zero attached hydrogens (tertiary/aromatic N) is 2. The largest absolute Gasteiger partial charge is 0.481 e. The molecule has 1 N–H and O–H groups in total. The third-order valence-electron chi connectivity index (χ3n) is 7.47. The first-order valence-electron chi connectivity index (χ1n) is 12.0. The molecule has 1 amide bonds. The van der Waals surface area contributed by atoms with Crippen LogP contribution in [0.25, 0.3) is 0 Å². The standard InChI is InChI=1S/C25H36N2O3/c28-24(18-25(29)30)27(20-12-7-4-8-13-20)23-16-21-14-9-15-22(17-23)26(21)19-10-5-2-1-3-6-11-19/h4,7-8,12-13,19,21-23H,1-3,5-6,9-11,14-18H2,(H,29,30). The lowest BCUT2D eigenvalue weighted by Crippen LogP contribution is -2.61. The number of carboxylic acid groups (broad SMARTS) is 1. The Morgan fingerprint density at radius 1 is 0.833 bits per heavy atom. The molecule has 5 nitrogen and oxygen atoms in total. The van der Waals surface area contributed by atoms with Crippen molar-refractivity contribution >= 4 is 17.6 Å². The molecule has 2 saturated heterocycles. The third kappa shape index (κ3) is 4.88. The van der Waals surface area contributed by atoms with Crippen LogP contribution in [0.2, 0.25) is 0 Å². The molecule has 5 heteroatoms. The quantitative estimate of drug-likeness (QED) is 0.692. The zero-order valence-electron chi connectivity index (χ0n) is 18.0. The van der Waals surface area contributed by atoms with Gasteiger partial charge in [0.05, 0.1) is 0 Å². The van der Waals surface area contributed by atoms with Gasteiger partial charge in [-0.2, -0.15) is 0 Å². The van der Waals surface area contributed by atoms with Crippen LogP contribution in [0.5, 0.6) is 0 Å². The van der Waals surface area contributed by atoms with Crippen LogP contribution in [-0.2, 0) is 9.59 Å². The summed E-state index contributed by atoms with van der Waals surface area (Å²) < 4.78 is 0. The summed E-state index contributed by atoms with van der Waals surface area (Å²) >= 11 is 0. The number of carbonyl (C=O) groups is 2. The molecule has 1 aromatic rings. The number of carbonyl (C=O) groups excluding carboxylic acids is 1. The highest BCUT2D eigenvalue weighted by Gasteiger charge is 2.44. The number of aliphatic carboxylic acids is 1. The maximum atomic E-state index is 13.0. The van der Waals surface area contributed by atoms with E-state index in [1.807, 2.05) is 35.2 Å². The lowest BCUT2D eigenvalue weighted by atomic mass is 9.78. The van der Waals surface area contributed by atoms with Crippen LogP contribution in [0, 0.1) is 0 Å². The summed E-state index contributed by atoms with van der Waals surface area (Å²) in [6.45, 7) is 0. The molecule has 3 fully saturated rings. The molecule has 2 atom stereocenters. The van der Waals surface area contributed by atoms with E-state index in [2.05, 4.69) is 4.90 Å². The van der Waals surface area contributed by atoms with E-state index < -0.39 is 12.4 Å². The van der Waals surface area contributed by atoms with Crippen LogP contribution in [0.4, 0.5) is 5.69 Å². The van der Waals surface area contributed by atoms with Crippen LogP contribution in [0.3, 0.4) is 0 Å². The highest BCUT2D eigenvalue weighted by molar-refractivity contribution is 6.03. The van der Waals surface area contributed by atoms with E-state index in [1.54, 1.807) is 0 Å². The zero-order valence-corrected chi connectivity index (χ0v) is 18.0. The van der Waals surface area contributed by atoms with E-state index in [9.17, 15) is 14.7 Å². The molecule has 1 aliphatic carbocycles. The predicted molar refractivity (Wildman–Crippen MR) is 119 cm³/mol. The minimum Gasteiger partial charge on any atom is -0.481 e. The molecule has 164 valence electrons. The third-order valence-corrected chi connectivity index (χ3v) is 7.47. The number of hydrogen-bond acceptors (Lipinski definition) is 3. The molecule has 0 aromatic heterocycles. The summed E-state index contributed by atoms with van der Waals surface area (Å²) in [6.07, 6.45) is 14.6. The number of hydrogen-bond donors (Lipinski definition) is 1. The zero-order chi connectivity index (χ0) is 20.9. The molecule has 2 unspecified atom stereocenters.